The summed E-state index contributed by atoms with van der Waals surface area (Å²) in [6.07, 6.45) is 2.96. The van der Waals surface area contributed by atoms with E-state index < -0.39 is 0 Å². The molecule has 2 nitrogen and oxygen atoms in total. The number of benzene rings is 2. The fourth-order valence-corrected chi connectivity index (χ4v) is 3.05. The molecule has 2 aromatic rings. The van der Waals surface area contributed by atoms with E-state index in [1.165, 1.54) is 16.7 Å². The van der Waals surface area contributed by atoms with Gasteiger partial charge in [-0.3, -0.25) is 0 Å². The van der Waals surface area contributed by atoms with Crippen molar-refractivity contribution in [2.45, 2.75) is 24.8 Å². The van der Waals surface area contributed by atoms with Gasteiger partial charge in [-0.1, -0.05) is 36.4 Å². The van der Waals surface area contributed by atoms with Crippen LogP contribution in [0.2, 0.25) is 0 Å². The number of rotatable bonds is 3. The monoisotopic (exact) mass is 253 g/mol. The van der Waals surface area contributed by atoms with E-state index in [-0.39, 0.29) is 5.54 Å². The van der Waals surface area contributed by atoms with Crippen LogP contribution in [-0.4, -0.2) is 7.11 Å². The highest BCUT2D eigenvalue weighted by molar-refractivity contribution is 5.40. The standard InChI is InChI=1S/C17H19NO/c1-19-15-7-4-5-13(11-15)12-17(18)10-9-14-6-2-3-8-16(14)17/h2-8,11H,9-10,12,18H2,1H3. The average molecular weight is 253 g/mol. The van der Waals surface area contributed by atoms with Crippen LogP contribution >= 0.6 is 0 Å². The second kappa shape index (κ2) is 4.71. The lowest BCUT2D eigenvalue weighted by Crippen LogP contribution is -2.36. The van der Waals surface area contributed by atoms with Crippen LogP contribution in [-0.2, 0) is 18.4 Å². The summed E-state index contributed by atoms with van der Waals surface area (Å²) in [5.41, 5.74) is 10.4. The number of fused-ring (bicyclic) bond motifs is 1. The molecule has 3 rings (SSSR count). The molecule has 0 saturated carbocycles. The van der Waals surface area contributed by atoms with Crippen molar-refractivity contribution in [1.82, 2.24) is 0 Å². The molecule has 0 fully saturated rings. The summed E-state index contributed by atoms with van der Waals surface area (Å²) in [4.78, 5) is 0. The third-order valence-electron chi connectivity index (χ3n) is 4.05. The first kappa shape index (κ1) is 12.2. The van der Waals surface area contributed by atoms with Gasteiger partial charge in [0.25, 0.3) is 0 Å². The minimum absolute atomic E-state index is 0.233. The van der Waals surface area contributed by atoms with E-state index >= 15 is 0 Å². The fourth-order valence-electron chi connectivity index (χ4n) is 3.05. The maximum absolute atomic E-state index is 6.65. The Balaban J connectivity index is 1.91. The first-order chi connectivity index (χ1) is 9.21. The predicted octanol–water partition coefficient (Wildman–Crippen LogP) is 3.04. The Labute approximate surface area is 114 Å². The van der Waals surface area contributed by atoms with Gasteiger partial charge in [0.05, 0.1) is 7.11 Å². The molecule has 1 atom stereocenters. The van der Waals surface area contributed by atoms with Gasteiger partial charge >= 0.3 is 0 Å². The van der Waals surface area contributed by atoms with Crippen LogP contribution in [0.5, 0.6) is 5.75 Å². The topological polar surface area (TPSA) is 35.2 Å². The summed E-state index contributed by atoms with van der Waals surface area (Å²) in [5, 5.41) is 0. The fraction of sp³-hybridized carbons (Fsp3) is 0.294. The Hall–Kier alpha value is -1.80. The Morgan fingerprint density at radius 1 is 1.16 bits per heavy atom. The number of hydrogen-bond acceptors (Lipinski definition) is 2. The van der Waals surface area contributed by atoms with Crippen molar-refractivity contribution in [2.24, 2.45) is 5.73 Å². The summed E-state index contributed by atoms with van der Waals surface area (Å²) < 4.78 is 5.28. The van der Waals surface area contributed by atoms with Gasteiger partial charge in [0.2, 0.25) is 0 Å². The molecule has 0 aromatic heterocycles. The molecule has 1 aliphatic rings. The van der Waals surface area contributed by atoms with Crippen LogP contribution in [0.1, 0.15) is 23.1 Å². The van der Waals surface area contributed by atoms with Crippen LogP contribution in [0, 0.1) is 0 Å². The van der Waals surface area contributed by atoms with Crippen molar-refractivity contribution in [3.05, 3.63) is 65.2 Å². The maximum atomic E-state index is 6.65. The normalized spacial score (nSPS) is 21.2. The van der Waals surface area contributed by atoms with Crippen LogP contribution in [0.3, 0.4) is 0 Å². The maximum Gasteiger partial charge on any atom is 0.119 e. The smallest absolute Gasteiger partial charge is 0.119 e. The van der Waals surface area contributed by atoms with Gasteiger partial charge in [-0.15, -0.1) is 0 Å². The third kappa shape index (κ3) is 2.24. The second-order valence-electron chi connectivity index (χ2n) is 5.34. The molecule has 1 unspecified atom stereocenters. The molecule has 2 heteroatoms. The molecule has 2 aromatic carbocycles. The highest BCUT2D eigenvalue weighted by Gasteiger charge is 2.34. The van der Waals surface area contributed by atoms with Gasteiger partial charge in [0.15, 0.2) is 0 Å². The van der Waals surface area contributed by atoms with E-state index in [2.05, 4.69) is 36.4 Å². The van der Waals surface area contributed by atoms with E-state index in [4.69, 9.17) is 10.5 Å². The summed E-state index contributed by atoms with van der Waals surface area (Å²) in [7, 11) is 1.70. The SMILES string of the molecule is COc1cccc(CC2(N)CCc3ccccc32)c1. The quantitative estimate of drug-likeness (QED) is 0.912. The molecule has 0 saturated heterocycles. The number of ether oxygens (including phenoxy) is 1. The van der Waals surface area contributed by atoms with Crippen molar-refractivity contribution < 1.29 is 4.74 Å². The average Bonchev–Trinajstić information content (AvgIpc) is 2.77. The van der Waals surface area contributed by atoms with E-state index in [1.54, 1.807) is 7.11 Å². The lowest BCUT2D eigenvalue weighted by Gasteiger charge is -2.25. The zero-order valence-electron chi connectivity index (χ0n) is 11.2. The van der Waals surface area contributed by atoms with Crippen LogP contribution in [0.15, 0.2) is 48.5 Å². The van der Waals surface area contributed by atoms with Crippen molar-refractivity contribution >= 4 is 0 Å². The van der Waals surface area contributed by atoms with Gasteiger partial charge in [0, 0.05) is 5.54 Å². The largest absolute Gasteiger partial charge is 0.497 e. The minimum atomic E-state index is -0.233. The Kier molecular flexibility index (Phi) is 3.03. The number of nitrogens with two attached hydrogens (primary N) is 1. The number of aryl methyl sites for hydroxylation is 1. The Morgan fingerprint density at radius 3 is 2.84 bits per heavy atom. The Morgan fingerprint density at radius 2 is 2.00 bits per heavy atom. The summed E-state index contributed by atoms with van der Waals surface area (Å²) in [5.74, 6) is 0.896. The first-order valence-corrected chi connectivity index (χ1v) is 6.71. The molecule has 2 N–H and O–H groups in total. The Bertz CT molecular complexity index is 593. The second-order valence-corrected chi connectivity index (χ2v) is 5.34. The lowest BCUT2D eigenvalue weighted by atomic mass is 9.86. The molecule has 0 aliphatic heterocycles. The molecule has 1 aliphatic carbocycles. The van der Waals surface area contributed by atoms with Gasteiger partial charge in [-0.05, 0) is 48.1 Å². The van der Waals surface area contributed by atoms with Crippen LogP contribution in [0.25, 0.3) is 0 Å². The molecule has 0 bridgehead atoms. The molecular formula is C17H19NO. The van der Waals surface area contributed by atoms with Crippen molar-refractivity contribution in [3.63, 3.8) is 0 Å². The molecule has 0 radical (unpaired) electrons. The van der Waals surface area contributed by atoms with E-state index in [1.807, 2.05) is 12.1 Å². The summed E-state index contributed by atoms with van der Waals surface area (Å²) >= 11 is 0. The van der Waals surface area contributed by atoms with Crippen LogP contribution in [0.4, 0.5) is 0 Å². The van der Waals surface area contributed by atoms with Crippen molar-refractivity contribution in [3.8, 4) is 5.75 Å². The zero-order chi connectivity index (χ0) is 13.3. The van der Waals surface area contributed by atoms with E-state index in [0.717, 1.165) is 25.0 Å². The van der Waals surface area contributed by atoms with E-state index in [0.29, 0.717) is 0 Å². The van der Waals surface area contributed by atoms with Crippen molar-refractivity contribution in [2.75, 3.05) is 7.11 Å². The molecule has 0 heterocycles. The highest BCUT2D eigenvalue weighted by Crippen LogP contribution is 2.37. The van der Waals surface area contributed by atoms with E-state index in [9.17, 15) is 0 Å². The van der Waals surface area contributed by atoms with Crippen LogP contribution < -0.4 is 10.5 Å². The van der Waals surface area contributed by atoms with Gasteiger partial charge in [0.1, 0.15) is 5.75 Å². The number of hydrogen-bond donors (Lipinski definition) is 1. The molecular weight excluding hydrogens is 234 g/mol. The van der Waals surface area contributed by atoms with Gasteiger partial charge in [-0.25, -0.2) is 0 Å². The van der Waals surface area contributed by atoms with Crippen molar-refractivity contribution in [1.29, 1.82) is 0 Å². The van der Waals surface area contributed by atoms with Gasteiger partial charge in [-0.2, -0.15) is 0 Å². The first-order valence-electron chi connectivity index (χ1n) is 6.71. The predicted molar refractivity (Wildman–Crippen MR) is 77.3 cm³/mol. The molecule has 0 spiro atoms. The molecule has 98 valence electrons. The minimum Gasteiger partial charge on any atom is -0.497 e. The summed E-state index contributed by atoms with van der Waals surface area (Å²) in [6.45, 7) is 0. The number of methoxy groups -OCH3 is 1. The molecule has 19 heavy (non-hydrogen) atoms. The lowest BCUT2D eigenvalue weighted by molar-refractivity contribution is 0.410. The summed E-state index contributed by atoms with van der Waals surface area (Å²) in [6, 6.07) is 16.7. The molecule has 0 amide bonds. The third-order valence-corrected chi connectivity index (χ3v) is 4.05. The highest BCUT2D eigenvalue weighted by atomic mass is 16.5. The zero-order valence-corrected chi connectivity index (χ0v) is 11.2. The van der Waals surface area contributed by atoms with Gasteiger partial charge < -0.3 is 10.5 Å².